The summed E-state index contributed by atoms with van der Waals surface area (Å²) in [5.41, 5.74) is 0.0411. The van der Waals surface area contributed by atoms with Crippen LogP contribution >= 0.6 is 0 Å². The second-order valence-corrected chi connectivity index (χ2v) is 14.2. The van der Waals surface area contributed by atoms with E-state index in [0.717, 1.165) is 27.2 Å². The molecule has 1 saturated heterocycles. The summed E-state index contributed by atoms with van der Waals surface area (Å²) in [6, 6.07) is 22.1. The summed E-state index contributed by atoms with van der Waals surface area (Å²) in [6.07, 6.45) is -2.11. The highest BCUT2D eigenvalue weighted by Gasteiger charge is 2.51. The van der Waals surface area contributed by atoms with Crippen molar-refractivity contribution in [2.24, 2.45) is 0 Å². The molecule has 0 bridgehead atoms. The lowest BCUT2D eigenvalue weighted by molar-refractivity contribution is -0.221. The van der Waals surface area contributed by atoms with Gasteiger partial charge >= 0.3 is 15.4 Å². The molecule has 0 spiro atoms. The van der Waals surface area contributed by atoms with Crippen LogP contribution in [0.25, 0.3) is 0 Å². The van der Waals surface area contributed by atoms with Gasteiger partial charge in [-0.05, 0) is 93.9 Å². The Hall–Kier alpha value is -2.74. The molecule has 8 nitrogen and oxygen atoms in total. The summed E-state index contributed by atoms with van der Waals surface area (Å²) < 4.78 is 87.0. The molecule has 42 heavy (non-hydrogen) atoms. The molecule has 12 heteroatoms. The fourth-order valence-electron chi connectivity index (χ4n) is 4.20. The number of alkyl halides is 2. The lowest BCUT2D eigenvalue weighted by atomic mass is 9.94. The normalized spacial score (nSPS) is 20.5. The first kappa shape index (κ1) is 32.2. The average molecular weight is 626 g/mol. The first-order valence-electron chi connectivity index (χ1n) is 13.1. The van der Waals surface area contributed by atoms with E-state index in [9.17, 15) is 17.2 Å². The highest BCUT2D eigenvalue weighted by Crippen LogP contribution is 2.37. The molecule has 3 unspecified atom stereocenters. The molecule has 3 atom stereocenters. The van der Waals surface area contributed by atoms with Crippen LogP contribution in [0.3, 0.4) is 0 Å². The molecule has 3 aromatic rings. The Balaban J connectivity index is 1.64. The first-order chi connectivity index (χ1) is 19.6. The van der Waals surface area contributed by atoms with Crippen LogP contribution in [0.1, 0.15) is 33.3 Å². The van der Waals surface area contributed by atoms with Crippen molar-refractivity contribution in [1.82, 2.24) is 0 Å². The van der Waals surface area contributed by atoms with Crippen molar-refractivity contribution in [3.63, 3.8) is 0 Å². The standard InChI is InChI=1S/C30H34F2O8S2/c1-21(30(31,32)42(33,34)35)40-24-10-16-27(17-11-24)41(26-14-8-23(9-15-26)37-20-36-5)25-12-6-22(7-13-25)29(4)19-38-28(2,3)18-39-29/h6-17,21H,18-20H2,1-5H3/p+1. The van der Waals surface area contributed by atoms with E-state index in [2.05, 4.69) is 0 Å². The number of benzene rings is 3. The van der Waals surface area contributed by atoms with E-state index in [1.165, 1.54) is 12.1 Å². The predicted octanol–water partition coefficient (Wildman–Crippen LogP) is 6.05. The zero-order valence-electron chi connectivity index (χ0n) is 24.0. The number of methoxy groups -OCH3 is 1. The molecule has 0 aliphatic carbocycles. The third-order valence-corrected chi connectivity index (χ3v) is 10.0. The lowest BCUT2D eigenvalue weighted by Crippen LogP contribution is -2.47. The van der Waals surface area contributed by atoms with Crippen LogP contribution in [0.2, 0.25) is 0 Å². The molecule has 1 heterocycles. The highest BCUT2D eigenvalue weighted by molar-refractivity contribution is 7.97. The maximum atomic E-state index is 14.0. The number of hydrogen-bond acceptors (Lipinski definition) is 7. The summed E-state index contributed by atoms with van der Waals surface area (Å²) in [4.78, 5) is 2.82. The Kier molecular flexibility index (Phi) is 9.56. The minimum Gasteiger partial charge on any atom is -0.483 e. The van der Waals surface area contributed by atoms with Crippen LogP contribution in [-0.2, 0) is 40.8 Å². The molecule has 1 aliphatic heterocycles. The maximum absolute atomic E-state index is 14.0. The SMILES string of the molecule is COCOc1ccc([S+](c2ccc(OC(C)C(F)(F)S(=O)(=O)O)cc2)c2ccc(C3(C)COC(C)(C)CO3)cc2)cc1. The van der Waals surface area contributed by atoms with Crippen LogP contribution in [0.5, 0.6) is 11.5 Å². The van der Waals surface area contributed by atoms with Gasteiger partial charge in [0.05, 0.1) is 29.7 Å². The zero-order valence-corrected chi connectivity index (χ0v) is 25.6. The topological polar surface area (TPSA) is 101 Å². The average Bonchev–Trinajstić information content (AvgIpc) is 2.95. The Bertz CT molecular complexity index is 1430. The molecule has 3 aromatic carbocycles. The van der Waals surface area contributed by atoms with Crippen molar-refractivity contribution in [3.8, 4) is 11.5 Å². The third kappa shape index (κ3) is 7.24. The number of hydrogen-bond donors (Lipinski definition) is 1. The summed E-state index contributed by atoms with van der Waals surface area (Å²) in [6.45, 7) is 7.87. The second kappa shape index (κ2) is 12.5. The third-order valence-electron chi connectivity index (χ3n) is 6.77. The van der Waals surface area contributed by atoms with E-state index in [-0.39, 0.29) is 18.1 Å². The van der Waals surface area contributed by atoms with Crippen LogP contribution in [0, 0.1) is 0 Å². The van der Waals surface area contributed by atoms with Gasteiger partial charge < -0.3 is 23.7 Å². The van der Waals surface area contributed by atoms with Crippen molar-refractivity contribution in [3.05, 3.63) is 78.4 Å². The Morgan fingerprint density at radius 1 is 0.881 bits per heavy atom. The van der Waals surface area contributed by atoms with Gasteiger partial charge in [0.2, 0.25) is 0 Å². The molecule has 0 saturated carbocycles. The van der Waals surface area contributed by atoms with Gasteiger partial charge in [0.1, 0.15) is 17.1 Å². The first-order valence-corrected chi connectivity index (χ1v) is 15.8. The van der Waals surface area contributed by atoms with E-state index in [0.29, 0.717) is 19.0 Å². The Morgan fingerprint density at radius 3 is 1.83 bits per heavy atom. The summed E-state index contributed by atoms with van der Waals surface area (Å²) in [5, 5.41) is -4.47. The Morgan fingerprint density at radius 2 is 1.38 bits per heavy atom. The second-order valence-electron chi connectivity index (χ2n) is 10.7. The highest BCUT2D eigenvalue weighted by atomic mass is 32.2. The summed E-state index contributed by atoms with van der Waals surface area (Å²) in [5.74, 6) is 0.671. The monoisotopic (exact) mass is 625 g/mol. The lowest BCUT2D eigenvalue weighted by Gasteiger charge is -2.41. The van der Waals surface area contributed by atoms with Crippen LogP contribution in [-0.4, -0.2) is 57.0 Å². The summed E-state index contributed by atoms with van der Waals surface area (Å²) >= 11 is 0. The van der Waals surface area contributed by atoms with Crippen molar-refractivity contribution in [2.45, 2.75) is 64.9 Å². The molecule has 1 aliphatic rings. The van der Waals surface area contributed by atoms with Gasteiger partial charge in [-0.1, -0.05) is 12.1 Å². The van der Waals surface area contributed by atoms with Gasteiger partial charge in [-0.3, -0.25) is 4.55 Å². The number of ether oxygens (including phenoxy) is 5. The van der Waals surface area contributed by atoms with Crippen molar-refractivity contribution < 1.29 is 45.4 Å². The predicted molar refractivity (Wildman–Crippen MR) is 154 cm³/mol. The van der Waals surface area contributed by atoms with E-state index < -0.39 is 38.0 Å². The van der Waals surface area contributed by atoms with Gasteiger partial charge in [-0.25, -0.2) is 0 Å². The molecular weight excluding hydrogens is 590 g/mol. The van der Waals surface area contributed by atoms with E-state index >= 15 is 0 Å². The quantitative estimate of drug-likeness (QED) is 0.156. The van der Waals surface area contributed by atoms with Crippen LogP contribution in [0.15, 0.2) is 87.5 Å². The molecule has 0 radical (unpaired) electrons. The van der Waals surface area contributed by atoms with Crippen molar-refractivity contribution >= 4 is 21.0 Å². The van der Waals surface area contributed by atoms with Crippen molar-refractivity contribution in [2.75, 3.05) is 27.1 Å². The molecule has 228 valence electrons. The zero-order chi connectivity index (χ0) is 30.8. The molecule has 1 N–H and O–H groups in total. The van der Waals surface area contributed by atoms with E-state index in [1.54, 1.807) is 19.2 Å². The van der Waals surface area contributed by atoms with Gasteiger partial charge in [0.15, 0.2) is 27.6 Å². The van der Waals surface area contributed by atoms with Crippen LogP contribution in [0.4, 0.5) is 8.78 Å². The Labute approximate surface area is 248 Å². The van der Waals surface area contributed by atoms with E-state index in [1.807, 2.05) is 69.3 Å². The largest absolute Gasteiger partial charge is 0.483 e. The van der Waals surface area contributed by atoms with E-state index in [4.69, 9.17) is 28.2 Å². The minimum atomic E-state index is -5.64. The van der Waals surface area contributed by atoms with Crippen molar-refractivity contribution in [1.29, 1.82) is 0 Å². The molecule has 0 amide bonds. The van der Waals surface area contributed by atoms with Crippen LogP contribution < -0.4 is 9.47 Å². The molecule has 4 rings (SSSR count). The smallest absolute Gasteiger partial charge is 0.405 e. The fraction of sp³-hybridized carbons (Fsp3) is 0.400. The van der Waals surface area contributed by atoms with Gasteiger partial charge in [-0.15, -0.1) is 0 Å². The van der Waals surface area contributed by atoms with Gasteiger partial charge in [0.25, 0.3) is 0 Å². The summed E-state index contributed by atoms with van der Waals surface area (Å²) in [7, 11) is -4.72. The maximum Gasteiger partial charge on any atom is 0.405 e. The van der Waals surface area contributed by atoms with Gasteiger partial charge in [-0.2, -0.15) is 17.2 Å². The number of rotatable bonds is 11. The van der Waals surface area contributed by atoms with Gasteiger partial charge in [0, 0.05) is 7.11 Å². The minimum absolute atomic E-state index is 0.0297. The molecule has 0 aromatic heterocycles. The molecule has 1 fully saturated rings. The number of halogens is 2. The fourth-order valence-corrected chi connectivity index (χ4v) is 6.71. The molecular formula is C30H35F2O8S2+.